The smallest absolute Gasteiger partial charge is 0.159 e. The largest absolute Gasteiger partial charge is 0.456 e. The number of rotatable bonds is 6. The van der Waals surface area contributed by atoms with Gasteiger partial charge in [0.05, 0.1) is 11.0 Å². The highest BCUT2D eigenvalue weighted by molar-refractivity contribution is 6.16. The molecule has 264 valence electrons. The van der Waals surface area contributed by atoms with Crippen LogP contribution in [0.1, 0.15) is 22.9 Å². The Morgan fingerprint density at radius 1 is 0.464 bits per heavy atom. The van der Waals surface area contributed by atoms with Crippen molar-refractivity contribution in [2.75, 3.05) is 0 Å². The van der Waals surface area contributed by atoms with Gasteiger partial charge in [-0.3, -0.25) is 0 Å². The molecule has 0 saturated heterocycles. The first-order chi connectivity index (χ1) is 27.7. The maximum atomic E-state index is 6.58. The molecule has 10 aromatic rings. The minimum atomic E-state index is -0.240. The number of nitrogens with one attached hydrogen (secondary N) is 1. The molecule has 1 aliphatic heterocycles. The van der Waals surface area contributed by atoms with Crippen LogP contribution in [0.2, 0.25) is 0 Å². The molecule has 11 rings (SSSR count). The maximum Gasteiger partial charge on any atom is 0.159 e. The van der Waals surface area contributed by atoms with Crippen molar-refractivity contribution in [1.82, 2.24) is 9.88 Å². The van der Waals surface area contributed by atoms with E-state index in [0.29, 0.717) is 5.84 Å². The van der Waals surface area contributed by atoms with Crippen molar-refractivity contribution >= 4 is 55.4 Å². The monoisotopic (exact) mass is 718 g/mol. The number of benzene rings is 8. The number of aromatic nitrogens is 1. The van der Waals surface area contributed by atoms with Crippen LogP contribution in [-0.4, -0.2) is 16.2 Å². The normalized spacial score (nSPS) is 14.2. The van der Waals surface area contributed by atoms with Crippen LogP contribution >= 0.6 is 0 Å². The van der Waals surface area contributed by atoms with Crippen LogP contribution in [0.3, 0.4) is 0 Å². The first-order valence-corrected chi connectivity index (χ1v) is 18.9. The second kappa shape index (κ2) is 13.1. The summed E-state index contributed by atoms with van der Waals surface area (Å²) in [5.41, 5.74) is 12.9. The van der Waals surface area contributed by atoms with Crippen LogP contribution in [-0.2, 0) is 0 Å². The third-order valence-electron chi connectivity index (χ3n) is 10.9. The number of hydrogen-bond acceptors (Lipinski definition) is 4. The van der Waals surface area contributed by atoms with E-state index in [1.54, 1.807) is 0 Å². The Morgan fingerprint density at radius 3 is 1.96 bits per heavy atom. The molecule has 5 heteroatoms. The standard InChI is InChI=1S/C51H34N4O/c1-4-13-34(14-5-1)49-52-50(35-15-6-2-7-16-35)54-51(53-49)36-25-23-33(24-26-36)37-27-29-42-47(32-37)56-46-22-12-20-40(48(42)46)38-28-30-45-43(31-38)41-19-10-11-21-44(41)55(45)39-17-8-3-9-18-39/h1-32,49H,(H,52,53,54). The molecule has 1 unspecified atom stereocenters. The lowest BCUT2D eigenvalue weighted by Crippen LogP contribution is -2.33. The van der Waals surface area contributed by atoms with Crippen molar-refractivity contribution in [3.05, 3.63) is 211 Å². The Bertz CT molecular complexity index is 3140. The van der Waals surface area contributed by atoms with Crippen molar-refractivity contribution in [2.24, 2.45) is 9.98 Å². The second-order valence-electron chi connectivity index (χ2n) is 14.2. The third kappa shape index (κ3) is 5.40. The van der Waals surface area contributed by atoms with Gasteiger partial charge in [-0.15, -0.1) is 0 Å². The van der Waals surface area contributed by atoms with E-state index in [4.69, 9.17) is 14.4 Å². The van der Waals surface area contributed by atoms with Crippen molar-refractivity contribution in [1.29, 1.82) is 0 Å². The predicted molar refractivity (Wildman–Crippen MR) is 231 cm³/mol. The second-order valence-corrected chi connectivity index (χ2v) is 14.2. The molecule has 8 aromatic carbocycles. The number of nitrogens with zero attached hydrogens (tertiary/aromatic N) is 3. The van der Waals surface area contributed by atoms with Gasteiger partial charge in [-0.2, -0.15) is 0 Å². The lowest BCUT2D eigenvalue weighted by atomic mass is 9.96. The van der Waals surface area contributed by atoms with Gasteiger partial charge in [0.25, 0.3) is 0 Å². The van der Waals surface area contributed by atoms with Gasteiger partial charge in [0.1, 0.15) is 23.2 Å². The summed E-state index contributed by atoms with van der Waals surface area (Å²) in [6, 6.07) is 68.0. The van der Waals surface area contributed by atoms with Gasteiger partial charge in [-0.25, -0.2) is 9.98 Å². The number of aliphatic imine (C=N–C) groups is 2. The van der Waals surface area contributed by atoms with E-state index in [-0.39, 0.29) is 6.17 Å². The molecule has 0 aliphatic carbocycles. The Kier molecular flexibility index (Phi) is 7.49. The number of amidine groups is 2. The average Bonchev–Trinajstić information content (AvgIpc) is 3.82. The average molecular weight is 719 g/mol. The molecule has 5 nitrogen and oxygen atoms in total. The summed E-state index contributed by atoms with van der Waals surface area (Å²) >= 11 is 0. The molecule has 56 heavy (non-hydrogen) atoms. The molecule has 3 heterocycles. The van der Waals surface area contributed by atoms with Gasteiger partial charge in [0.2, 0.25) is 0 Å². The van der Waals surface area contributed by atoms with E-state index in [2.05, 4.69) is 168 Å². The van der Waals surface area contributed by atoms with E-state index >= 15 is 0 Å². The first kappa shape index (κ1) is 32.0. The molecule has 1 atom stereocenters. The molecule has 0 fully saturated rings. The maximum absolute atomic E-state index is 6.58. The van der Waals surface area contributed by atoms with Gasteiger partial charge >= 0.3 is 0 Å². The number of hydrogen-bond donors (Lipinski definition) is 1. The van der Waals surface area contributed by atoms with E-state index in [0.717, 1.165) is 72.4 Å². The molecule has 0 spiro atoms. The minimum Gasteiger partial charge on any atom is -0.456 e. The van der Waals surface area contributed by atoms with Crippen LogP contribution in [0.5, 0.6) is 0 Å². The highest BCUT2D eigenvalue weighted by Gasteiger charge is 2.21. The van der Waals surface area contributed by atoms with Gasteiger partial charge in [0.15, 0.2) is 5.84 Å². The molecule has 2 aromatic heterocycles. The summed E-state index contributed by atoms with van der Waals surface area (Å²) in [5.74, 6) is 1.51. The fourth-order valence-electron chi connectivity index (χ4n) is 8.18. The number of para-hydroxylation sites is 2. The predicted octanol–water partition coefficient (Wildman–Crippen LogP) is 12.5. The fraction of sp³-hybridized carbons (Fsp3) is 0.0196. The third-order valence-corrected chi connectivity index (χ3v) is 10.9. The number of fused-ring (bicyclic) bond motifs is 6. The summed E-state index contributed by atoms with van der Waals surface area (Å²) in [6.07, 6.45) is -0.240. The Hall–Kier alpha value is -7.50. The van der Waals surface area contributed by atoms with Crippen molar-refractivity contribution in [3.8, 4) is 27.9 Å². The highest BCUT2D eigenvalue weighted by Crippen LogP contribution is 2.41. The quantitative estimate of drug-likeness (QED) is 0.186. The summed E-state index contributed by atoms with van der Waals surface area (Å²) < 4.78 is 8.93. The topological polar surface area (TPSA) is 54.8 Å². The summed E-state index contributed by atoms with van der Waals surface area (Å²) in [7, 11) is 0. The number of furan rings is 1. The summed E-state index contributed by atoms with van der Waals surface area (Å²) in [4.78, 5) is 9.96. The van der Waals surface area contributed by atoms with Crippen LogP contribution in [0, 0.1) is 0 Å². The zero-order valence-corrected chi connectivity index (χ0v) is 30.3. The molecular weight excluding hydrogens is 685 g/mol. The molecule has 1 N–H and O–H groups in total. The van der Waals surface area contributed by atoms with E-state index < -0.39 is 0 Å². The minimum absolute atomic E-state index is 0.240. The van der Waals surface area contributed by atoms with Gasteiger partial charge in [-0.05, 0) is 76.3 Å². The van der Waals surface area contributed by atoms with Crippen LogP contribution < -0.4 is 5.32 Å². The SMILES string of the molecule is c1ccc(C2=NC(c3ccccc3)NC(c3ccc(-c4ccc5c(c4)oc4cccc(-c6ccc7c(c6)c6ccccc6n7-c6ccccc6)c45)cc3)=N2)cc1. The van der Waals surface area contributed by atoms with Crippen LogP contribution in [0.25, 0.3) is 71.7 Å². The molecule has 1 aliphatic rings. The van der Waals surface area contributed by atoms with Crippen molar-refractivity contribution in [2.45, 2.75) is 6.17 Å². The van der Waals surface area contributed by atoms with E-state index in [1.165, 1.54) is 21.8 Å². The summed E-state index contributed by atoms with van der Waals surface area (Å²) in [6.45, 7) is 0. The molecule has 0 bridgehead atoms. The van der Waals surface area contributed by atoms with Crippen LogP contribution in [0.15, 0.2) is 209 Å². The highest BCUT2D eigenvalue weighted by atomic mass is 16.3. The molecule has 0 amide bonds. The van der Waals surface area contributed by atoms with Crippen molar-refractivity contribution < 1.29 is 4.42 Å². The molecule has 0 saturated carbocycles. The first-order valence-electron chi connectivity index (χ1n) is 18.9. The Balaban J connectivity index is 0.947. The zero-order chi connectivity index (χ0) is 37.0. The van der Waals surface area contributed by atoms with Crippen LogP contribution in [0.4, 0.5) is 0 Å². The Morgan fingerprint density at radius 2 is 1.14 bits per heavy atom. The van der Waals surface area contributed by atoms with Gasteiger partial charge in [0, 0.05) is 38.4 Å². The Labute approximate surface area is 323 Å². The van der Waals surface area contributed by atoms with Crippen molar-refractivity contribution in [3.63, 3.8) is 0 Å². The van der Waals surface area contributed by atoms with E-state index in [1.807, 2.05) is 36.4 Å². The van der Waals surface area contributed by atoms with Gasteiger partial charge in [-0.1, -0.05) is 146 Å². The lowest BCUT2D eigenvalue weighted by molar-refractivity contribution is 0.669. The van der Waals surface area contributed by atoms with E-state index in [9.17, 15) is 0 Å². The summed E-state index contributed by atoms with van der Waals surface area (Å²) in [5, 5.41) is 8.27. The zero-order valence-electron chi connectivity index (χ0n) is 30.3. The molecular formula is C51H34N4O. The fourth-order valence-corrected chi connectivity index (χ4v) is 8.18. The van der Waals surface area contributed by atoms with Gasteiger partial charge < -0.3 is 14.3 Å². The molecule has 0 radical (unpaired) electrons. The lowest BCUT2D eigenvalue weighted by Gasteiger charge is -2.23.